The molecule has 0 radical (unpaired) electrons. The van der Waals surface area contributed by atoms with Gasteiger partial charge >= 0.3 is 0 Å². The van der Waals surface area contributed by atoms with Crippen molar-refractivity contribution in [1.29, 1.82) is 0 Å². The van der Waals surface area contributed by atoms with Crippen molar-refractivity contribution in [1.82, 2.24) is 19.6 Å². The van der Waals surface area contributed by atoms with Crippen LogP contribution in [0, 0.1) is 0 Å². The van der Waals surface area contributed by atoms with Crippen LogP contribution in [0.4, 0.5) is 0 Å². The predicted octanol–water partition coefficient (Wildman–Crippen LogP) is 4.71. The van der Waals surface area contributed by atoms with Crippen LogP contribution in [0.5, 0.6) is 5.88 Å². The lowest BCUT2D eigenvalue weighted by Gasteiger charge is -2.19. The highest BCUT2D eigenvalue weighted by atomic mass is 16.5. The number of aromatic nitrogens is 4. The summed E-state index contributed by atoms with van der Waals surface area (Å²) in [5.41, 5.74) is 4.31. The summed E-state index contributed by atoms with van der Waals surface area (Å²) in [6.07, 6.45) is 4.24. The Bertz CT molecular complexity index is 1060. The number of nitrogens with zero attached hydrogens (tertiary/aromatic N) is 4. The van der Waals surface area contributed by atoms with Gasteiger partial charge in [0.2, 0.25) is 5.88 Å². The Morgan fingerprint density at radius 2 is 1.64 bits per heavy atom. The summed E-state index contributed by atoms with van der Waals surface area (Å²) in [5, 5.41) is 8.64. The molecule has 0 amide bonds. The first-order valence-electron chi connectivity index (χ1n) is 9.49. The molecule has 0 saturated carbocycles. The molecule has 0 atom stereocenters. The van der Waals surface area contributed by atoms with Crippen molar-refractivity contribution in [2.45, 2.75) is 32.6 Å². The van der Waals surface area contributed by atoms with Gasteiger partial charge in [-0.3, -0.25) is 4.98 Å². The maximum Gasteiger partial charge on any atom is 0.220 e. The molecule has 0 bridgehead atoms. The molecule has 0 aliphatic carbocycles. The van der Waals surface area contributed by atoms with E-state index in [0.717, 1.165) is 17.8 Å². The van der Waals surface area contributed by atoms with E-state index in [4.69, 9.17) is 4.74 Å². The van der Waals surface area contributed by atoms with Crippen LogP contribution in [-0.4, -0.2) is 26.2 Å². The SMILES string of the molecule is CC(C)(C)c1ccc(-c2nnc3cncc(OCCc4ccccc4)n23)cc1. The zero-order chi connectivity index (χ0) is 19.6. The highest BCUT2D eigenvalue weighted by molar-refractivity contribution is 5.61. The van der Waals surface area contributed by atoms with E-state index >= 15 is 0 Å². The minimum Gasteiger partial charge on any atom is -0.477 e. The van der Waals surface area contributed by atoms with E-state index in [1.165, 1.54) is 11.1 Å². The maximum atomic E-state index is 6.04. The van der Waals surface area contributed by atoms with Crippen molar-refractivity contribution in [3.8, 4) is 17.3 Å². The van der Waals surface area contributed by atoms with E-state index < -0.39 is 0 Å². The van der Waals surface area contributed by atoms with Gasteiger partial charge in [0.15, 0.2) is 11.5 Å². The average Bonchev–Trinajstić information content (AvgIpc) is 3.13. The molecule has 0 spiro atoms. The molecule has 2 heterocycles. The molecule has 0 unspecified atom stereocenters. The van der Waals surface area contributed by atoms with E-state index in [0.29, 0.717) is 18.1 Å². The van der Waals surface area contributed by atoms with Gasteiger partial charge in [-0.15, -0.1) is 10.2 Å². The molecule has 2 aromatic heterocycles. The zero-order valence-corrected chi connectivity index (χ0v) is 16.5. The average molecular weight is 372 g/mol. The molecule has 4 rings (SSSR count). The van der Waals surface area contributed by atoms with E-state index in [9.17, 15) is 0 Å². The van der Waals surface area contributed by atoms with Crippen molar-refractivity contribution >= 4 is 5.65 Å². The Morgan fingerprint density at radius 1 is 0.893 bits per heavy atom. The molecule has 4 aromatic rings. The molecule has 5 heteroatoms. The number of benzene rings is 2. The van der Waals surface area contributed by atoms with Gasteiger partial charge in [0.25, 0.3) is 0 Å². The number of hydrogen-bond acceptors (Lipinski definition) is 4. The molecule has 5 nitrogen and oxygen atoms in total. The van der Waals surface area contributed by atoms with E-state index in [2.05, 4.69) is 72.4 Å². The summed E-state index contributed by atoms with van der Waals surface area (Å²) in [6, 6.07) is 18.8. The van der Waals surface area contributed by atoms with Crippen LogP contribution in [-0.2, 0) is 11.8 Å². The van der Waals surface area contributed by atoms with Crippen LogP contribution in [0.2, 0.25) is 0 Å². The normalized spacial score (nSPS) is 11.7. The summed E-state index contributed by atoms with van der Waals surface area (Å²) < 4.78 is 7.96. The summed E-state index contributed by atoms with van der Waals surface area (Å²) in [6.45, 7) is 7.18. The van der Waals surface area contributed by atoms with Crippen molar-refractivity contribution in [3.63, 3.8) is 0 Å². The maximum absolute atomic E-state index is 6.04. The van der Waals surface area contributed by atoms with Crippen LogP contribution in [0.3, 0.4) is 0 Å². The fraction of sp³-hybridized carbons (Fsp3) is 0.261. The van der Waals surface area contributed by atoms with Crippen molar-refractivity contribution in [3.05, 3.63) is 78.1 Å². The van der Waals surface area contributed by atoms with Crippen LogP contribution >= 0.6 is 0 Å². The Balaban J connectivity index is 1.61. The first-order chi connectivity index (χ1) is 13.5. The molecule has 142 valence electrons. The Hall–Kier alpha value is -3.21. The third-order valence-corrected chi connectivity index (χ3v) is 4.78. The number of ether oxygens (including phenoxy) is 1. The summed E-state index contributed by atoms with van der Waals surface area (Å²) in [5.74, 6) is 1.40. The van der Waals surface area contributed by atoms with Gasteiger partial charge in [-0.25, -0.2) is 4.40 Å². The van der Waals surface area contributed by atoms with Crippen molar-refractivity contribution in [2.24, 2.45) is 0 Å². The third-order valence-electron chi connectivity index (χ3n) is 4.78. The van der Waals surface area contributed by atoms with Gasteiger partial charge in [-0.2, -0.15) is 0 Å². The predicted molar refractivity (Wildman–Crippen MR) is 111 cm³/mol. The molecule has 0 fully saturated rings. The number of hydrogen-bond donors (Lipinski definition) is 0. The summed E-state index contributed by atoms with van der Waals surface area (Å²) in [7, 11) is 0. The number of fused-ring (bicyclic) bond motifs is 1. The fourth-order valence-corrected chi connectivity index (χ4v) is 3.15. The molecule has 28 heavy (non-hydrogen) atoms. The van der Waals surface area contributed by atoms with E-state index in [1.807, 2.05) is 22.6 Å². The van der Waals surface area contributed by atoms with Crippen LogP contribution < -0.4 is 4.74 Å². The summed E-state index contributed by atoms with van der Waals surface area (Å²) in [4.78, 5) is 4.24. The zero-order valence-electron chi connectivity index (χ0n) is 16.5. The number of rotatable bonds is 5. The van der Waals surface area contributed by atoms with Gasteiger partial charge < -0.3 is 4.74 Å². The fourth-order valence-electron chi connectivity index (χ4n) is 3.15. The van der Waals surface area contributed by atoms with Gasteiger partial charge in [0.1, 0.15) is 0 Å². The second-order valence-electron chi connectivity index (χ2n) is 7.87. The van der Waals surface area contributed by atoms with E-state index in [-0.39, 0.29) is 5.41 Å². The minimum absolute atomic E-state index is 0.112. The molecule has 2 aromatic carbocycles. The van der Waals surface area contributed by atoms with Crippen LogP contribution in [0.25, 0.3) is 17.0 Å². The van der Waals surface area contributed by atoms with E-state index in [1.54, 1.807) is 12.4 Å². The largest absolute Gasteiger partial charge is 0.477 e. The first kappa shape index (κ1) is 18.2. The quantitative estimate of drug-likeness (QED) is 0.509. The molecule has 0 aliphatic rings. The first-order valence-corrected chi connectivity index (χ1v) is 9.49. The molecule has 0 aliphatic heterocycles. The van der Waals surface area contributed by atoms with Crippen LogP contribution in [0.1, 0.15) is 31.9 Å². The van der Waals surface area contributed by atoms with Crippen molar-refractivity contribution in [2.75, 3.05) is 6.61 Å². The van der Waals surface area contributed by atoms with Gasteiger partial charge in [0.05, 0.1) is 19.0 Å². The Kier molecular flexibility index (Phi) is 4.82. The summed E-state index contributed by atoms with van der Waals surface area (Å²) >= 11 is 0. The lowest BCUT2D eigenvalue weighted by molar-refractivity contribution is 0.304. The second kappa shape index (κ2) is 7.43. The lowest BCUT2D eigenvalue weighted by Crippen LogP contribution is -2.10. The smallest absolute Gasteiger partial charge is 0.220 e. The molecular weight excluding hydrogens is 348 g/mol. The van der Waals surface area contributed by atoms with Crippen LogP contribution in [0.15, 0.2) is 67.0 Å². The Labute approximate surface area is 165 Å². The monoisotopic (exact) mass is 372 g/mol. The second-order valence-corrected chi connectivity index (χ2v) is 7.87. The van der Waals surface area contributed by atoms with Gasteiger partial charge in [-0.1, -0.05) is 75.4 Å². The highest BCUT2D eigenvalue weighted by Gasteiger charge is 2.16. The Morgan fingerprint density at radius 3 is 2.36 bits per heavy atom. The van der Waals surface area contributed by atoms with Gasteiger partial charge in [-0.05, 0) is 16.5 Å². The van der Waals surface area contributed by atoms with Gasteiger partial charge in [0, 0.05) is 12.0 Å². The molecular formula is C23H24N4O. The standard InChI is InChI=1S/C23H24N4O/c1-23(2,3)19-11-9-18(10-12-19)22-26-25-20-15-24-16-21(27(20)22)28-14-13-17-7-5-4-6-8-17/h4-12,15-16H,13-14H2,1-3H3. The topological polar surface area (TPSA) is 52.3 Å². The highest BCUT2D eigenvalue weighted by Crippen LogP contribution is 2.27. The molecule has 0 saturated heterocycles. The molecule has 0 N–H and O–H groups in total. The minimum atomic E-state index is 0.112. The van der Waals surface area contributed by atoms with Crippen molar-refractivity contribution < 1.29 is 4.74 Å². The lowest BCUT2D eigenvalue weighted by atomic mass is 9.87. The third kappa shape index (κ3) is 3.74.